The molecule has 0 unspecified atom stereocenters. The molecule has 0 aliphatic carbocycles. The minimum atomic E-state index is -0.426. The van der Waals surface area contributed by atoms with Crippen molar-refractivity contribution in [3.8, 4) is 0 Å². The molecule has 118 valence electrons. The van der Waals surface area contributed by atoms with E-state index in [1.807, 2.05) is 12.1 Å². The van der Waals surface area contributed by atoms with Crippen molar-refractivity contribution in [2.75, 3.05) is 0 Å². The third-order valence-corrected chi connectivity index (χ3v) is 4.56. The number of nitrogens with zero attached hydrogens (tertiary/aromatic N) is 2. The van der Waals surface area contributed by atoms with Gasteiger partial charge in [-0.1, -0.05) is 39.3 Å². The summed E-state index contributed by atoms with van der Waals surface area (Å²) in [5.41, 5.74) is 7.85. The molecule has 23 heavy (non-hydrogen) atoms. The highest BCUT2D eigenvalue weighted by Gasteiger charge is 2.10. The van der Waals surface area contributed by atoms with Crippen molar-refractivity contribution in [3.63, 3.8) is 0 Å². The van der Waals surface area contributed by atoms with Gasteiger partial charge in [0.05, 0.1) is 17.1 Å². The lowest BCUT2D eigenvalue weighted by Gasteiger charge is -2.02. The van der Waals surface area contributed by atoms with Crippen LogP contribution in [0.4, 0.5) is 5.69 Å². The number of oxazole rings is 1. The molecule has 0 saturated carbocycles. The molecule has 0 spiro atoms. The predicted molar refractivity (Wildman–Crippen MR) is 98.5 cm³/mol. The molecular formula is C15H11BrClN3O2S. The van der Waals surface area contributed by atoms with Gasteiger partial charge < -0.3 is 10.2 Å². The van der Waals surface area contributed by atoms with Gasteiger partial charge in [-0.2, -0.15) is 0 Å². The summed E-state index contributed by atoms with van der Waals surface area (Å²) in [5.74, 6) is -0.110. The second-order valence-corrected chi connectivity index (χ2v) is 6.93. The molecule has 3 rings (SSSR count). The topological polar surface area (TPSA) is 73.5 Å². The Labute approximate surface area is 149 Å². The molecule has 1 heterocycles. The summed E-state index contributed by atoms with van der Waals surface area (Å²) < 4.78 is 7.57. The first kappa shape index (κ1) is 16.2. The molecule has 0 saturated heterocycles. The molecule has 0 amide bonds. The van der Waals surface area contributed by atoms with Gasteiger partial charge in [-0.05, 0) is 42.5 Å². The van der Waals surface area contributed by atoms with E-state index >= 15 is 0 Å². The van der Waals surface area contributed by atoms with Crippen LogP contribution in [0.15, 0.2) is 61.1 Å². The van der Waals surface area contributed by atoms with Crippen LogP contribution in [-0.2, 0) is 5.88 Å². The zero-order chi connectivity index (χ0) is 16.4. The lowest BCUT2D eigenvalue weighted by atomic mass is 10.3. The molecule has 2 aromatic carbocycles. The average Bonchev–Trinajstić information content (AvgIpc) is 2.82. The average molecular weight is 413 g/mol. The quantitative estimate of drug-likeness (QED) is 0.513. The largest absolute Gasteiger partial charge is 0.420 e. The van der Waals surface area contributed by atoms with Crippen LogP contribution in [0.5, 0.6) is 0 Å². The molecule has 1 aromatic heterocycles. The lowest BCUT2D eigenvalue weighted by Crippen LogP contribution is -2.15. The highest BCUT2D eigenvalue weighted by molar-refractivity contribution is 9.10. The van der Waals surface area contributed by atoms with Crippen molar-refractivity contribution in [2.45, 2.75) is 5.88 Å². The molecule has 0 atom stereocenters. The van der Waals surface area contributed by atoms with E-state index in [0.29, 0.717) is 32.9 Å². The first-order valence-corrected chi connectivity index (χ1v) is 8.70. The Bertz CT molecular complexity index is 934. The van der Waals surface area contributed by atoms with Gasteiger partial charge in [-0.25, -0.2) is 9.79 Å². The molecule has 0 radical (unpaired) electrons. The second-order valence-electron chi connectivity index (χ2n) is 4.61. The molecule has 0 aliphatic heterocycles. The fourth-order valence-electron chi connectivity index (χ4n) is 1.97. The molecular weight excluding hydrogens is 402 g/mol. The zero-order valence-corrected chi connectivity index (χ0v) is 14.9. The second kappa shape index (κ2) is 6.82. The van der Waals surface area contributed by atoms with Crippen molar-refractivity contribution in [1.82, 2.24) is 4.57 Å². The third-order valence-electron chi connectivity index (χ3n) is 3.04. The lowest BCUT2D eigenvalue weighted by molar-refractivity contribution is 0.526. The zero-order valence-electron chi connectivity index (χ0n) is 11.7. The molecule has 0 bridgehead atoms. The summed E-state index contributed by atoms with van der Waals surface area (Å²) in [6.07, 6.45) is 0. The molecule has 8 heteroatoms. The fourth-order valence-corrected chi connectivity index (χ4v) is 3.11. The van der Waals surface area contributed by atoms with Crippen LogP contribution >= 0.6 is 39.3 Å². The van der Waals surface area contributed by atoms with Crippen molar-refractivity contribution >= 4 is 61.2 Å². The summed E-state index contributed by atoms with van der Waals surface area (Å²) in [5, 5.41) is 0.989. The molecule has 3 aromatic rings. The number of rotatable bonds is 3. The van der Waals surface area contributed by atoms with E-state index in [1.165, 1.54) is 16.3 Å². The maximum absolute atomic E-state index is 11.9. The van der Waals surface area contributed by atoms with Crippen LogP contribution in [0.2, 0.25) is 5.02 Å². The third kappa shape index (κ3) is 3.80. The van der Waals surface area contributed by atoms with Crippen LogP contribution in [0.25, 0.3) is 11.1 Å². The standard InChI is InChI=1S/C15H11BrClN3O2S/c16-9-1-6-12-13(7-9)22-15(21)20(12)8-23-14(18)19-11-4-2-10(17)3-5-11/h1-7H,8H2,(H2,18,19). The minimum absolute atomic E-state index is 0.316. The van der Waals surface area contributed by atoms with E-state index in [-0.39, 0.29) is 0 Å². The number of aliphatic imine (C=N–C) groups is 1. The summed E-state index contributed by atoms with van der Waals surface area (Å²) in [6, 6.07) is 12.4. The highest BCUT2D eigenvalue weighted by Crippen LogP contribution is 2.21. The van der Waals surface area contributed by atoms with E-state index in [2.05, 4.69) is 20.9 Å². The van der Waals surface area contributed by atoms with Crippen LogP contribution in [0.1, 0.15) is 0 Å². The van der Waals surface area contributed by atoms with E-state index in [1.54, 1.807) is 30.3 Å². The number of amidine groups is 1. The van der Waals surface area contributed by atoms with Gasteiger partial charge in [0.1, 0.15) is 0 Å². The molecule has 0 aliphatic rings. The van der Waals surface area contributed by atoms with Gasteiger partial charge in [0.25, 0.3) is 0 Å². The Kier molecular flexibility index (Phi) is 4.79. The number of hydrogen-bond donors (Lipinski definition) is 1. The van der Waals surface area contributed by atoms with Gasteiger partial charge in [-0.3, -0.25) is 4.57 Å². The maximum atomic E-state index is 11.9. The highest BCUT2D eigenvalue weighted by atomic mass is 79.9. The van der Waals surface area contributed by atoms with Gasteiger partial charge >= 0.3 is 5.76 Å². The van der Waals surface area contributed by atoms with Gasteiger partial charge in [-0.15, -0.1) is 0 Å². The fraction of sp³-hybridized carbons (Fsp3) is 0.0667. The number of aromatic nitrogens is 1. The number of fused-ring (bicyclic) bond motifs is 1. The van der Waals surface area contributed by atoms with Crippen molar-refractivity contribution in [3.05, 3.63) is 62.5 Å². The number of nitrogens with two attached hydrogens (primary N) is 1. The van der Waals surface area contributed by atoms with Gasteiger partial charge in [0, 0.05) is 9.50 Å². The summed E-state index contributed by atoms with van der Waals surface area (Å²) in [4.78, 5) is 16.2. The van der Waals surface area contributed by atoms with Crippen LogP contribution in [-0.4, -0.2) is 9.73 Å². The van der Waals surface area contributed by atoms with E-state index in [4.69, 9.17) is 21.8 Å². The number of halogens is 2. The Morgan fingerprint density at radius 2 is 2.04 bits per heavy atom. The van der Waals surface area contributed by atoms with Crippen molar-refractivity contribution in [2.24, 2.45) is 10.7 Å². The molecule has 5 nitrogen and oxygen atoms in total. The maximum Gasteiger partial charge on any atom is 0.420 e. The Morgan fingerprint density at radius 1 is 1.30 bits per heavy atom. The van der Waals surface area contributed by atoms with E-state index in [9.17, 15) is 4.79 Å². The van der Waals surface area contributed by atoms with E-state index in [0.717, 1.165) is 4.47 Å². The Morgan fingerprint density at radius 3 is 2.78 bits per heavy atom. The summed E-state index contributed by atoms with van der Waals surface area (Å²) in [6.45, 7) is 0. The first-order valence-electron chi connectivity index (χ1n) is 6.54. The van der Waals surface area contributed by atoms with Crippen molar-refractivity contribution in [1.29, 1.82) is 0 Å². The first-order chi connectivity index (χ1) is 11.0. The molecule has 2 N–H and O–H groups in total. The SMILES string of the molecule is NC(=Nc1ccc(Cl)cc1)SCn1c(=O)oc2cc(Br)ccc21. The summed E-state index contributed by atoms with van der Waals surface area (Å²) >= 11 is 10.4. The van der Waals surface area contributed by atoms with Crippen LogP contribution in [0.3, 0.4) is 0 Å². The Balaban J connectivity index is 1.79. The summed E-state index contributed by atoms with van der Waals surface area (Å²) in [7, 11) is 0. The number of thioether (sulfide) groups is 1. The van der Waals surface area contributed by atoms with E-state index < -0.39 is 5.76 Å². The van der Waals surface area contributed by atoms with Crippen LogP contribution in [0, 0.1) is 0 Å². The van der Waals surface area contributed by atoms with Crippen molar-refractivity contribution < 1.29 is 4.42 Å². The Hall–Kier alpha value is -1.70. The van der Waals surface area contributed by atoms with Gasteiger partial charge in [0.15, 0.2) is 10.8 Å². The van der Waals surface area contributed by atoms with Gasteiger partial charge in [0.2, 0.25) is 0 Å². The smallest absolute Gasteiger partial charge is 0.408 e. The number of hydrogen-bond acceptors (Lipinski definition) is 4. The minimum Gasteiger partial charge on any atom is -0.408 e. The monoisotopic (exact) mass is 411 g/mol. The van der Waals surface area contributed by atoms with Crippen LogP contribution < -0.4 is 11.5 Å². The normalized spacial score (nSPS) is 12.0. The molecule has 0 fully saturated rings. The number of benzene rings is 2. The predicted octanol–water partition coefficient (Wildman–Crippen LogP) is 4.35.